The van der Waals surface area contributed by atoms with Gasteiger partial charge in [0.05, 0.1) is 6.61 Å². The van der Waals surface area contributed by atoms with E-state index < -0.39 is 0 Å². The van der Waals surface area contributed by atoms with Crippen LogP contribution < -0.4 is 0 Å². The van der Waals surface area contributed by atoms with Crippen LogP contribution in [0.25, 0.3) is 0 Å². The van der Waals surface area contributed by atoms with E-state index in [2.05, 4.69) is 30.2 Å². The second kappa shape index (κ2) is 5.02. The molecular formula is C10H18N2O. The van der Waals surface area contributed by atoms with Gasteiger partial charge in [0.25, 0.3) is 0 Å². The maximum atomic E-state index is 5.32. The Morgan fingerprint density at radius 2 is 2.15 bits per heavy atom. The first-order chi connectivity index (χ1) is 6.22. The highest BCUT2D eigenvalue weighted by Crippen LogP contribution is 2.16. The minimum Gasteiger partial charge on any atom is -0.478 e. The number of hydrogen-bond acceptors (Lipinski definition) is 3. The zero-order valence-electron chi connectivity index (χ0n) is 8.33. The van der Waals surface area contributed by atoms with Crippen LogP contribution in [0.15, 0.2) is 17.5 Å². The predicted octanol–water partition coefficient (Wildman–Crippen LogP) is 1.52. The third-order valence-corrected chi connectivity index (χ3v) is 2.50. The standard InChI is InChI=1S/C10H18N2O/c1-9(11-2)13-8-10-4-6-12(3)7-5-10/h10H,1-2,4-8H2,3H3. The summed E-state index contributed by atoms with van der Waals surface area (Å²) in [5.74, 6) is 1.11. The van der Waals surface area contributed by atoms with Crippen molar-refractivity contribution in [1.29, 1.82) is 0 Å². The molecule has 0 spiro atoms. The van der Waals surface area contributed by atoms with E-state index in [9.17, 15) is 0 Å². The Bertz CT molecular complexity index is 183. The summed E-state index contributed by atoms with van der Waals surface area (Å²) < 4.78 is 5.32. The molecule has 1 saturated heterocycles. The molecule has 0 aromatic rings. The molecule has 3 nitrogen and oxygen atoms in total. The van der Waals surface area contributed by atoms with Gasteiger partial charge in [0.2, 0.25) is 5.88 Å². The van der Waals surface area contributed by atoms with Crippen molar-refractivity contribution in [3.63, 3.8) is 0 Å². The van der Waals surface area contributed by atoms with E-state index in [0.29, 0.717) is 11.8 Å². The van der Waals surface area contributed by atoms with Gasteiger partial charge in [-0.05, 0) is 52.2 Å². The van der Waals surface area contributed by atoms with Crippen LogP contribution in [0.5, 0.6) is 0 Å². The Morgan fingerprint density at radius 1 is 1.54 bits per heavy atom. The molecule has 3 heteroatoms. The molecule has 13 heavy (non-hydrogen) atoms. The van der Waals surface area contributed by atoms with E-state index in [-0.39, 0.29) is 0 Å². The van der Waals surface area contributed by atoms with Crippen molar-refractivity contribution in [3.8, 4) is 0 Å². The van der Waals surface area contributed by atoms with Crippen LogP contribution in [-0.4, -0.2) is 38.4 Å². The lowest BCUT2D eigenvalue weighted by Gasteiger charge is -2.28. The zero-order chi connectivity index (χ0) is 9.68. The summed E-state index contributed by atoms with van der Waals surface area (Å²) in [6, 6.07) is 0. The molecule has 0 aliphatic carbocycles. The average molecular weight is 182 g/mol. The maximum absolute atomic E-state index is 5.32. The van der Waals surface area contributed by atoms with Crippen molar-refractivity contribution < 1.29 is 4.74 Å². The molecule has 0 aromatic carbocycles. The Balaban J connectivity index is 2.15. The highest BCUT2D eigenvalue weighted by atomic mass is 16.5. The lowest BCUT2D eigenvalue weighted by atomic mass is 9.98. The minimum atomic E-state index is 0.443. The third-order valence-electron chi connectivity index (χ3n) is 2.50. The molecule has 0 amide bonds. The number of rotatable bonds is 4. The summed E-state index contributed by atoms with van der Waals surface area (Å²) in [5.41, 5.74) is 0. The fourth-order valence-corrected chi connectivity index (χ4v) is 1.49. The number of likely N-dealkylation sites (tertiary alicyclic amines) is 1. The molecule has 1 heterocycles. The number of ether oxygens (including phenoxy) is 1. The molecule has 1 aliphatic heterocycles. The van der Waals surface area contributed by atoms with Gasteiger partial charge in [-0.2, -0.15) is 0 Å². The highest BCUT2D eigenvalue weighted by Gasteiger charge is 2.16. The second-order valence-corrected chi connectivity index (χ2v) is 3.61. The van der Waals surface area contributed by atoms with Gasteiger partial charge in [-0.25, -0.2) is 4.99 Å². The molecule has 0 radical (unpaired) electrons. The van der Waals surface area contributed by atoms with Crippen molar-refractivity contribution >= 4 is 6.72 Å². The molecule has 0 aromatic heterocycles. The highest BCUT2D eigenvalue weighted by molar-refractivity contribution is 5.26. The largest absolute Gasteiger partial charge is 0.478 e. The van der Waals surface area contributed by atoms with Crippen molar-refractivity contribution in [3.05, 3.63) is 12.5 Å². The van der Waals surface area contributed by atoms with Gasteiger partial charge in [-0.1, -0.05) is 0 Å². The van der Waals surface area contributed by atoms with Crippen LogP contribution in [0.4, 0.5) is 0 Å². The van der Waals surface area contributed by atoms with Crippen LogP contribution in [0.3, 0.4) is 0 Å². The van der Waals surface area contributed by atoms with E-state index in [1.807, 2.05) is 0 Å². The van der Waals surface area contributed by atoms with Crippen LogP contribution in [-0.2, 0) is 4.74 Å². The van der Waals surface area contributed by atoms with Gasteiger partial charge < -0.3 is 9.64 Å². The molecule has 0 saturated carbocycles. The predicted molar refractivity (Wildman–Crippen MR) is 54.9 cm³/mol. The smallest absolute Gasteiger partial charge is 0.205 e. The van der Waals surface area contributed by atoms with Gasteiger partial charge in [-0.15, -0.1) is 0 Å². The van der Waals surface area contributed by atoms with Crippen LogP contribution in [0, 0.1) is 5.92 Å². The summed E-state index contributed by atoms with van der Waals surface area (Å²) in [6.07, 6.45) is 2.42. The number of nitrogens with zero attached hydrogens (tertiary/aromatic N) is 2. The lowest BCUT2D eigenvalue weighted by molar-refractivity contribution is 0.117. The maximum Gasteiger partial charge on any atom is 0.205 e. The van der Waals surface area contributed by atoms with E-state index in [1.165, 1.54) is 25.9 Å². The quantitative estimate of drug-likeness (QED) is 0.486. The molecule has 1 aliphatic rings. The van der Waals surface area contributed by atoms with Crippen LogP contribution in [0.1, 0.15) is 12.8 Å². The Morgan fingerprint density at radius 3 is 2.69 bits per heavy atom. The summed E-state index contributed by atoms with van der Waals surface area (Å²) >= 11 is 0. The number of hydrogen-bond donors (Lipinski definition) is 0. The number of piperidine rings is 1. The Hall–Kier alpha value is -0.830. The monoisotopic (exact) mass is 182 g/mol. The molecular weight excluding hydrogens is 164 g/mol. The van der Waals surface area contributed by atoms with Gasteiger partial charge in [0.15, 0.2) is 0 Å². The average Bonchev–Trinajstić information content (AvgIpc) is 2.16. The van der Waals surface area contributed by atoms with Crippen LogP contribution >= 0.6 is 0 Å². The second-order valence-electron chi connectivity index (χ2n) is 3.61. The van der Waals surface area contributed by atoms with Crippen molar-refractivity contribution in [2.24, 2.45) is 10.9 Å². The van der Waals surface area contributed by atoms with E-state index in [1.54, 1.807) is 0 Å². The fraction of sp³-hybridized carbons (Fsp3) is 0.700. The van der Waals surface area contributed by atoms with Gasteiger partial charge in [-0.3, -0.25) is 0 Å². The summed E-state index contributed by atoms with van der Waals surface area (Å²) in [5, 5.41) is 0. The molecule has 1 rings (SSSR count). The van der Waals surface area contributed by atoms with Crippen LogP contribution in [0.2, 0.25) is 0 Å². The van der Waals surface area contributed by atoms with E-state index in [0.717, 1.165) is 6.61 Å². The summed E-state index contributed by atoms with van der Waals surface area (Å²) in [6.45, 7) is 10.0. The Labute approximate surface area is 80.1 Å². The molecule has 1 fully saturated rings. The van der Waals surface area contributed by atoms with Crippen molar-refractivity contribution in [1.82, 2.24) is 4.90 Å². The van der Waals surface area contributed by atoms with Crippen molar-refractivity contribution in [2.45, 2.75) is 12.8 Å². The zero-order valence-corrected chi connectivity index (χ0v) is 8.33. The molecule has 74 valence electrons. The third kappa shape index (κ3) is 3.59. The first-order valence-electron chi connectivity index (χ1n) is 4.69. The fourth-order valence-electron chi connectivity index (χ4n) is 1.49. The van der Waals surface area contributed by atoms with Gasteiger partial charge in [0, 0.05) is 0 Å². The van der Waals surface area contributed by atoms with Gasteiger partial charge >= 0.3 is 0 Å². The Kier molecular flexibility index (Phi) is 3.96. The topological polar surface area (TPSA) is 24.8 Å². The normalized spacial score (nSPS) is 19.8. The molecule has 0 N–H and O–H groups in total. The minimum absolute atomic E-state index is 0.443. The molecule has 0 bridgehead atoms. The van der Waals surface area contributed by atoms with Crippen molar-refractivity contribution in [2.75, 3.05) is 26.7 Å². The first kappa shape index (κ1) is 10.3. The molecule has 0 atom stereocenters. The summed E-state index contributed by atoms with van der Waals surface area (Å²) in [7, 11) is 2.15. The summed E-state index contributed by atoms with van der Waals surface area (Å²) in [4.78, 5) is 5.96. The van der Waals surface area contributed by atoms with E-state index in [4.69, 9.17) is 4.74 Å². The van der Waals surface area contributed by atoms with E-state index >= 15 is 0 Å². The lowest BCUT2D eigenvalue weighted by Crippen LogP contribution is -2.31. The first-order valence-corrected chi connectivity index (χ1v) is 4.69. The van der Waals surface area contributed by atoms with Gasteiger partial charge in [0.1, 0.15) is 0 Å². The number of aliphatic imine (C=N–C) groups is 1. The SMILES string of the molecule is C=NC(=C)OCC1CCN(C)CC1. The molecule has 0 unspecified atom stereocenters.